The molecule has 0 heterocycles. The molecule has 0 unspecified atom stereocenters. The van der Waals surface area contributed by atoms with Gasteiger partial charge >= 0.3 is 23.9 Å². The monoisotopic (exact) mass is 975 g/mol. The van der Waals surface area contributed by atoms with Crippen LogP contribution in [0.2, 0.25) is 0 Å². The van der Waals surface area contributed by atoms with Crippen molar-refractivity contribution in [3.63, 3.8) is 0 Å². The van der Waals surface area contributed by atoms with Crippen molar-refractivity contribution < 1.29 is 56.4 Å². The summed E-state index contributed by atoms with van der Waals surface area (Å²) in [7, 11) is 0. The second kappa shape index (κ2) is 38.3. The maximum atomic E-state index is 15.0. The molecule has 10 nitrogen and oxygen atoms in total. The molecular weight excluding hydrogens is 895 g/mol. The Morgan fingerprint density at radius 2 is 0.600 bits per heavy atom. The number of carbonyl (C=O) groups is 4. The first-order valence-corrected chi connectivity index (χ1v) is 26.2. The second-order valence-electron chi connectivity index (χ2n) is 17.9. The van der Waals surface area contributed by atoms with Crippen LogP contribution in [0.4, 0.5) is 8.78 Å². The predicted molar refractivity (Wildman–Crippen MR) is 272 cm³/mol. The van der Waals surface area contributed by atoms with Gasteiger partial charge in [-0.25, -0.2) is 19.2 Å². The van der Waals surface area contributed by atoms with E-state index < -0.39 is 35.1 Å². The van der Waals surface area contributed by atoms with Crippen LogP contribution in [0.25, 0.3) is 0 Å². The molecule has 0 aliphatic carbocycles. The Morgan fingerprint density at radius 3 is 0.857 bits per heavy atom. The molecule has 12 heteroatoms. The van der Waals surface area contributed by atoms with Crippen molar-refractivity contribution in [1.82, 2.24) is 0 Å². The molecule has 0 amide bonds. The number of hydrogen-bond donors (Lipinski definition) is 0. The van der Waals surface area contributed by atoms with Crippen LogP contribution < -0.4 is 18.9 Å². The fourth-order valence-corrected chi connectivity index (χ4v) is 7.86. The zero-order valence-electron chi connectivity index (χ0n) is 41.8. The quantitative estimate of drug-likeness (QED) is 0.0235. The average molecular weight is 975 g/mol. The Labute approximate surface area is 416 Å². The highest BCUT2D eigenvalue weighted by Crippen LogP contribution is 2.29. The summed E-state index contributed by atoms with van der Waals surface area (Å²) in [5.74, 6) is -5.46. The minimum atomic E-state index is -1.46. The number of carbonyl (C=O) groups excluding carboxylic acids is 4. The molecule has 3 rings (SSSR count). The van der Waals surface area contributed by atoms with Gasteiger partial charge in [-0.1, -0.05) is 167 Å². The average Bonchev–Trinajstić information content (AvgIpc) is 3.37. The number of hydrogen-bond acceptors (Lipinski definition) is 10. The van der Waals surface area contributed by atoms with Crippen molar-refractivity contribution in [2.24, 2.45) is 0 Å². The molecule has 70 heavy (non-hydrogen) atoms. The summed E-state index contributed by atoms with van der Waals surface area (Å²) in [5.41, 5.74) is 0.263. The maximum Gasteiger partial charge on any atom is 0.343 e. The standard InChI is InChI=1S/C58H80F2O10/c1-3-53(61)67-45-31-27-23-19-15-11-7-5-9-13-17-21-25-29-43-65-49-37-33-47(34-38-49)57(63)69-51-41-42-52(56(60)55(51)59)70-58(64)48-35-39-50(40-36-48)66-44-30-26-22-18-14-10-6-8-12-16-20-24-28-32-46-68-54(62)4-2/h3-4,33-42H,1-2,5-32,43-46H2. The summed E-state index contributed by atoms with van der Waals surface area (Å²) < 4.78 is 61.9. The van der Waals surface area contributed by atoms with E-state index >= 15 is 0 Å². The molecule has 0 saturated heterocycles. The summed E-state index contributed by atoms with van der Waals surface area (Å²) in [6.45, 7) is 8.86. The number of esters is 4. The fourth-order valence-electron chi connectivity index (χ4n) is 7.86. The Balaban J connectivity index is 1.19. The zero-order valence-corrected chi connectivity index (χ0v) is 41.8. The molecule has 0 aromatic heterocycles. The van der Waals surface area contributed by atoms with E-state index in [-0.39, 0.29) is 23.1 Å². The Kier molecular flexibility index (Phi) is 32.1. The summed E-state index contributed by atoms with van der Waals surface area (Å²) in [5, 5.41) is 0. The summed E-state index contributed by atoms with van der Waals surface area (Å²) in [6, 6.07) is 14.6. The van der Waals surface area contributed by atoms with Gasteiger partial charge in [0.1, 0.15) is 11.5 Å². The molecule has 0 saturated carbocycles. The first-order chi connectivity index (χ1) is 34.2. The van der Waals surface area contributed by atoms with Gasteiger partial charge in [0.05, 0.1) is 37.6 Å². The highest BCUT2D eigenvalue weighted by Gasteiger charge is 2.21. The third-order valence-corrected chi connectivity index (χ3v) is 12.0. The predicted octanol–water partition coefficient (Wildman–Crippen LogP) is 15.5. The Bertz CT molecular complexity index is 1790. The highest BCUT2D eigenvalue weighted by atomic mass is 19.2. The number of halogens is 2. The lowest BCUT2D eigenvalue weighted by Gasteiger charge is -2.11. The number of benzene rings is 3. The lowest BCUT2D eigenvalue weighted by molar-refractivity contribution is -0.138. The first-order valence-electron chi connectivity index (χ1n) is 26.2. The van der Waals surface area contributed by atoms with Crippen molar-refractivity contribution >= 4 is 23.9 Å². The van der Waals surface area contributed by atoms with E-state index in [1.54, 1.807) is 24.3 Å². The molecule has 0 radical (unpaired) electrons. The van der Waals surface area contributed by atoms with Crippen LogP contribution in [0.15, 0.2) is 86.0 Å². The number of ether oxygens (including phenoxy) is 6. The Morgan fingerprint density at radius 1 is 0.357 bits per heavy atom. The number of rotatable bonds is 42. The molecule has 0 atom stereocenters. The van der Waals surface area contributed by atoms with Gasteiger partial charge in [0.2, 0.25) is 11.6 Å². The molecule has 0 aliphatic rings. The largest absolute Gasteiger partial charge is 0.494 e. The van der Waals surface area contributed by atoms with Crippen LogP contribution in [0, 0.1) is 11.6 Å². The van der Waals surface area contributed by atoms with Crippen LogP contribution in [0.1, 0.15) is 200 Å². The van der Waals surface area contributed by atoms with Crippen molar-refractivity contribution in [1.29, 1.82) is 0 Å². The molecule has 0 aliphatic heterocycles. The smallest absolute Gasteiger partial charge is 0.343 e. The minimum absolute atomic E-state index is 0.132. The van der Waals surface area contributed by atoms with Gasteiger partial charge in [0.25, 0.3) is 0 Å². The lowest BCUT2D eigenvalue weighted by Crippen LogP contribution is -2.12. The second-order valence-corrected chi connectivity index (χ2v) is 17.9. The van der Waals surface area contributed by atoms with Gasteiger partial charge in [0.15, 0.2) is 11.5 Å². The van der Waals surface area contributed by atoms with Crippen LogP contribution >= 0.6 is 0 Å². The van der Waals surface area contributed by atoms with Crippen LogP contribution in [0.5, 0.6) is 23.0 Å². The van der Waals surface area contributed by atoms with Gasteiger partial charge in [-0.3, -0.25) is 0 Å². The van der Waals surface area contributed by atoms with E-state index in [2.05, 4.69) is 13.2 Å². The fraction of sp³-hybridized carbons (Fsp3) is 0.552. The molecule has 0 fully saturated rings. The van der Waals surface area contributed by atoms with Gasteiger partial charge in [-0.2, -0.15) is 8.78 Å². The molecule has 0 N–H and O–H groups in total. The summed E-state index contributed by atoms with van der Waals surface area (Å²) >= 11 is 0. The van der Waals surface area contributed by atoms with Crippen molar-refractivity contribution in [3.8, 4) is 23.0 Å². The normalized spacial score (nSPS) is 10.9. The van der Waals surface area contributed by atoms with Gasteiger partial charge in [-0.05, 0) is 86.3 Å². The van der Waals surface area contributed by atoms with E-state index in [1.165, 1.54) is 152 Å². The van der Waals surface area contributed by atoms with E-state index in [0.29, 0.717) is 37.9 Å². The molecule has 3 aromatic carbocycles. The summed E-state index contributed by atoms with van der Waals surface area (Å²) in [4.78, 5) is 47.6. The molecule has 3 aromatic rings. The van der Waals surface area contributed by atoms with Crippen molar-refractivity contribution in [3.05, 3.63) is 109 Å². The SMILES string of the molecule is C=CC(=O)OCCCCCCCCCCCCCCCCOc1ccc(C(=O)Oc2ccc(OC(=O)c3ccc(OCCCCCCCCCCCCCCCCOC(=O)C=C)cc3)c(F)c2F)cc1. The molecule has 0 spiro atoms. The van der Waals surface area contributed by atoms with E-state index in [4.69, 9.17) is 28.4 Å². The topological polar surface area (TPSA) is 124 Å². The Hall–Kier alpha value is -5.52. The third-order valence-electron chi connectivity index (χ3n) is 12.0. The van der Waals surface area contributed by atoms with Crippen LogP contribution in [0.3, 0.4) is 0 Å². The van der Waals surface area contributed by atoms with E-state index in [9.17, 15) is 28.0 Å². The molecule has 386 valence electrons. The van der Waals surface area contributed by atoms with Gasteiger partial charge < -0.3 is 28.4 Å². The van der Waals surface area contributed by atoms with Crippen molar-refractivity contribution in [2.45, 2.75) is 180 Å². The van der Waals surface area contributed by atoms with Crippen molar-refractivity contribution in [2.75, 3.05) is 26.4 Å². The highest BCUT2D eigenvalue weighted by molar-refractivity contribution is 5.92. The third kappa shape index (κ3) is 27.0. The molecule has 0 bridgehead atoms. The maximum absolute atomic E-state index is 15.0. The van der Waals surface area contributed by atoms with Crippen LogP contribution in [-0.4, -0.2) is 50.3 Å². The zero-order chi connectivity index (χ0) is 50.3. The molecular formula is C58H80F2O10. The van der Waals surface area contributed by atoms with Crippen LogP contribution in [-0.2, 0) is 19.1 Å². The van der Waals surface area contributed by atoms with Gasteiger partial charge in [0, 0.05) is 12.2 Å². The van der Waals surface area contributed by atoms with Gasteiger partial charge in [-0.15, -0.1) is 0 Å². The van der Waals surface area contributed by atoms with E-state index in [0.717, 1.165) is 76.3 Å². The number of unbranched alkanes of at least 4 members (excludes halogenated alkanes) is 26. The lowest BCUT2D eigenvalue weighted by atomic mass is 10.0. The first kappa shape index (κ1) is 58.8. The minimum Gasteiger partial charge on any atom is -0.494 e. The van der Waals surface area contributed by atoms with E-state index in [1.807, 2.05) is 0 Å². The summed E-state index contributed by atoms with van der Waals surface area (Å²) in [6.07, 6.45) is 35.2.